The molecule has 0 radical (unpaired) electrons. The van der Waals surface area contributed by atoms with Gasteiger partial charge in [0.2, 0.25) is 5.91 Å². The second-order valence-corrected chi connectivity index (χ2v) is 8.86. The lowest BCUT2D eigenvalue weighted by molar-refractivity contribution is -0.142. The SMILES string of the molecule is CCCOC(=O)c1c(NC(=O)Cn2nc(C(F)(F)F)c(Br)c2C)sc(C(=O)N(C)C)c1C. The molecular weight excluding hydrogens is 517 g/mol. The zero-order valence-corrected chi connectivity index (χ0v) is 20.4. The van der Waals surface area contributed by atoms with Gasteiger partial charge in [0, 0.05) is 14.1 Å². The molecule has 0 aliphatic carbocycles. The van der Waals surface area contributed by atoms with Gasteiger partial charge in [0.25, 0.3) is 5.91 Å². The van der Waals surface area contributed by atoms with Crippen molar-refractivity contribution >= 4 is 50.1 Å². The number of hydrogen-bond acceptors (Lipinski definition) is 6. The fourth-order valence-corrected chi connectivity index (χ4v) is 4.42. The molecule has 0 unspecified atom stereocenters. The van der Waals surface area contributed by atoms with Gasteiger partial charge in [-0.25, -0.2) is 4.79 Å². The Morgan fingerprint density at radius 2 is 1.88 bits per heavy atom. The van der Waals surface area contributed by atoms with Crippen LogP contribution in [0.2, 0.25) is 0 Å². The molecule has 8 nitrogen and oxygen atoms in total. The lowest BCUT2D eigenvalue weighted by atomic mass is 10.1. The molecule has 32 heavy (non-hydrogen) atoms. The van der Waals surface area contributed by atoms with E-state index in [9.17, 15) is 27.6 Å². The van der Waals surface area contributed by atoms with E-state index in [-0.39, 0.29) is 38.1 Å². The van der Waals surface area contributed by atoms with Crippen molar-refractivity contribution < 1.29 is 32.3 Å². The molecule has 0 saturated carbocycles. The molecule has 0 saturated heterocycles. The second-order valence-electron chi connectivity index (χ2n) is 7.05. The molecule has 176 valence electrons. The molecule has 0 aromatic carbocycles. The third-order valence-corrected chi connectivity index (χ3v) is 6.48. The fraction of sp³-hybridized carbons (Fsp3) is 0.474. The van der Waals surface area contributed by atoms with Crippen LogP contribution in [-0.2, 0) is 22.3 Å². The molecular formula is C19H22BrF3N4O4S. The van der Waals surface area contributed by atoms with E-state index in [2.05, 4.69) is 26.3 Å². The van der Waals surface area contributed by atoms with Gasteiger partial charge in [-0.2, -0.15) is 18.3 Å². The number of anilines is 1. The van der Waals surface area contributed by atoms with Crippen LogP contribution in [0.3, 0.4) is 0 Å². The average molecular weight is 539 g/mol. The summed E-state index contributed by atoms with van der Waals surface area (Å²) in [7, 11) is 3.09. The zero-order valence-electron chi connectivity index (χ0n) is 18.0. The maximum absolute atomic E-state index is 13.1. The van der Waals surface area contributed by atoms with E-state index >= 15 is 0 Å². The quantitative estimate of drug-likeness (QED) is 0.532. The highest BCUT2D eigenvalue weighted by molar-refractivity contribution is 9.10. The van der Waals surface area contributed by atoms with Gasteiger partial charge in [0.05, 0.1) is 27.2 Å². The topological polar surface area (TPSA) is 93.5 Å². The number of nitrogens with one attached hydrogen (secondary N) is 1. The van der Waals surface area contributed by atoms with E-state index in [1.165, 1.54) is 11.8 Å². The Kier molecular flexibility index (Phi) is 8.10. The highest BCUT2D eigenvalue weighted by Gasteiger charge is 2.38. The van der Waals surface area contributed by atoms with Gasteiger partial charge in [-0.1, -0.05) is 6.92 Å². The Labute approximate surface area is 194 Å². The smallest absolute Gasteiger partial charge is 0.436 e. The standard InChI is InChI=1S/C19H22BrF3N4O4S/c1-6-7-31-18(30)12-9(2)14(17(29)26(4)5)32-16(12)24-11(28)8-27-10(3)13(20)15(25-27)19(21,22)23/h6-8H2,1-5H3,(H,24,28). The van der Waals surface area contributed by atoms with Crippen molar-refractivity contribution in [1.82, 2.24) is 14.7 Å². The Bertz CT molecular complexity index is 1050. The first-order valence-electron chi connectivity index (χ1n) is 9.41. The van der Waals surface area contributed by atoms with E-state index in [1.54, 1.807) is 21.0 Å². The van der Waals surface area contributed by atoms with Crippen LogP contribution in [0.25, 0.3) is 0 Å². The molecule has 2 aromatic heterocycles. The van der Waals surface area contributed by atoms with Gasteiger partial charge in [0.15, 0.2) is 5.69 Å². The monoisotopic (exact) mass is 538 g/mol. The van der Waals surface area contributed by atoms with Gasteiger partial charge in [-0.15, -0.1) is 11.3 Å². The number of esters is 1. The minimum atomic E-state index is -4.69. The number of thiophene rings is 1. The lowest BCUT2D eigenvalue weighted by Gasteiger charge is -2.09. The van der Waals surface area contributed by atoms with E-state index < -0.39 is 30.3 Å². The van der Waals surface area contributed by atoms with Crippen LogP contribution in [0.15, 0.2) is 4.47 Å². The summed E-state index contributed by atoms with van der Waals surface area (Å²) < 4.78 is 45.0. The Balaban J connectivity index is 2.37. The molecule has 0 aliphatic rings. The predicted octanol–water partition coefficient (Wildman–Crippen LogP) is 4.25. The number of hydrogen-bond donors (Lipinski definition) is 1. The van der Waals surface area contributed by atoms with Crippen molar-refractivity contribution in [2.45, 2.75) is 39.9 Å². The summed E-state index contributed by atoms with van der Waals surface area (Å²) in [6.45, 7) is 4.39. The molecule has 2 amide bonds. The van der Waals surface area contributed by atoms with Crippen LogP contribution >= 0.6 is 27.3 Å². The molecule has 0 bridgehead atoms. The summed E-state index contributed by atoms with van der Waals surface area (Å²) in [5, 5.41) is 6.07. The van der Waals surface area contributed by atoms with E-state index in [1.807, 2.05) is 6.92 Å². The third-order valence-electron chi connectivity index (χ3n) is 4.34. The van der Waals surface area contributed by atoms with E-state index in [0.29, 0.717) is 12.0 Å². The number of rotatable bonds is 7. The van der Waals surface area contributed by atoms with Gasteiger partial charge in [-0.05, 0) is 41.8 Å². The lowest BCUT2D eigenvalue weighted by Crippen LogP contribution is -2.22. The molecule has 2 heterocycles. The van der Waals surface area contributed by atoms with Crippen molar-refractivity contribution in [3.63, 3.8) is 0 Å². The van der Waals surface area contributed by atoms with Crippen LogP contribution in [-0.4, -0.2) is 53.2 Å². The molecule has 2 rings (SSSR count). The van der Waals surface area contributed by atoms with Crippen molar-refractivity contribution in [3.05, 3.63) is 31.9 Å². The first-order chi connectivity index (χ1) is 14.8. The summed E-state index contributed by atoms with van der Waals surface area (Å²) in [6, 6.07) is 0. The number of aromatic nitrogens is 2. The summed E-state index contributed by atoms with van der Waals surface area (Å²) in [4.78, 5) is 39.2. The Hall–Kier alpha value is -2.41. The molecule has 0 atom stereocenters. The van der Waals surface area contributed by atoms with Gasteiger partial charge in [0.1, 0.15) is 11.5 Å². The van der Waals surface area contributed by atoms with Crippen molar-refractivity contribution in [2.24, 2.45) is 0 Å². The average Bonchev–Trinajstić information content (AvgIpc) is 3.16. The Morgan fingerprint density at radius 3 is 2.38 bits per heavy atom. The number of nitrogens with zero attached hydrogens (tertiary/aromatic N) is 3. The highest BCUT2D eigenvalue weighted by atomic mass is 79.9. The summed E-state index contributed by atoms with van der Waals surface area (Å²) in [5.74, 6) is -1.78. The summed E-state index contributed by atoms with van der Waals surface area (Å²) >= 11 is 3.75. The molecule has 2 aromatic rings. The summed E-state index contributed by atoms with van der Waals surface area (Å²) in [6.07, 6.45) is -4.11. The van der Waals surface area contributed by atoms with Gasteiger partial charge >= 0.3 is 12.1 Å². The first-order valence-corrected chi connectivity index (χ1v) is 11.0. The summed E-state index contributed by atoms with van der Waals surface area (Å²) in [5.41, 5.74) is -0.642. The third kappa shape index (κ3) is 5.49. The number of amides is 2. The van der Waals surface area contributed by atoms with Gasteiger partial charge in [-0.3, -0.25) is 14.3 Å². The van der Waals surface area contributed by atoms with Crippen LogP contribution < -0.4 is 5.32 Å². The number of carbonyl (C=O) groups excluding carboxylic acids is 3. The fourth-order valence-electron chi connectivity index (χ4n) is 2.68. The maximum atomic E-state index is 13.1. The maximum Gasteiger partial charge on any atom is 0.436 e. The highest BCUT2D eigenvalue weighted by Crippen LogP contribution is 2.36. The van der Waals surface area contributed by atoms with Crippen molar-refractivity contribution in [2.75, 3.05) is 26.0 Å². The molecule has 13 heteroatoms. The number of alkyl halides is 3. The van der Waals surface area contributed by atoms with E-state index in [0.717, 1.165) is 16.0 Å². The van der Waals surface area contributed by atoms with Gasteiger partial charge < -0.3 is 15.0 Å². The number of ether oxygens (including phenoxy) is 1. The van der Waals surface area contributed by atoms with Crippen LogP contribution in [0.4, 0.5) is 18.2 Å². The zero-order chi connectivity index (χ0) is 24.4. The number of carbonyl (C=O) groups is 3. The van der Waals surface area contributed by atoms with Crippen molar-refractivity contribution in [1.29, 1.82) is 0 Å². The minimum Gasteiger partial charge on any atom is -0.462 e. The van der Waals surface area contributed by atoms with Crippen LogP contribution in [0.1, 0.15) is 50.3 Å². The minimum absolute atomic E-state index is 0.0383. The molecule has 0 aliphatic heterocycles. The Morgan fingerprint density at radius 1 is 1.25 bits per heavy atom. The largest absolute Gasteiger partial charge is 0.462 e. The van der Waals surface area contributed by atoms with E-state index in [4.69, 9.17) is 4.74 Å². The second kappa shape index (κ2) is 10.0. The van der Waals surface area contributed by atoms with Crippen molar-refractivity contribution in [3.8, 4) is 0 Å². The molecule has 1 N–H and O–H groups in total. The number of halogens is 4. The predicted molar refractivity (Wildman–Crippen MR) is 116 cm³/mol. The molecule has 0 spiro atoms. The normalized spacial score (nSPS) is 11.4. The van der Waals surface area contributed by atoms with Crippen LogP contribution in [0, 0.1) is 13.8 Å². The first kappa shape index (κ1) is 25.8. The van der Waals surface area contributed by atoms with Crippen LogP contribution in [0.5, 0.6) is 0 Å². The molecule has 0 fully saturated rings.